The zero-order valence-electron chi connectivity index (χ0n) is 19.6. The van der Waals surface area contributed by atoms with E-state index in [0.29, 0.717) is 29.8 Å². The number of benzene rings is 2. The molecule has 0 aromatic heterocycles. The van der Waals surface area contributed by atoms with Crippen LogP contribution in [0, 0.1) is 0 Å². The van der Waals surface area contributed by atoms with Crippen molar-refractivity contribution in [2.75, 3.05) is 25.1 Å². The quantitative estimate of drug-likeness (QED) is 0.418. The Balaban J connectivity index is 1.59. The summed E-state index contributed by atoms with van der Waals surface area (Å²) in [6.07, 6.45) is 1.97. The number of Topliss-reactive ketones (excluding diaryl/α,β-unsaturated/α-hetero) is 1. The van der Waals surface area contributed by atoms with E-state index in [1.807, 2.05) is 6.92 Å². The number of aliphatic hydroxyl groups is 1. The highest BCUT2D eigenvalue weighted by Crippen LogP contribution is 2.53. The number of hydrogen-bond donors (Lipinski definition) is 1. The molecule has 0 aliphatic carbocycles. The maximum Gasteiger partial charge on any atom is 0.296 e. The zero-order valence-corrected chi connectivity index (χ0v) is 19.6. The molecule has 1 N–H and O–H groups in total. The van der Waals surface area contributed by atoms with Crippen molar-refractivity contribution < 1.29 is 29.0 Å². The lowest BCUT2D eigenvalue weighted by Gasteiger charge is -2.35. The van der Waals surface area contributed by atoms with Crippen LogP contribution in [0.25, 0.3) is 5.76 Å². The third-order valence-electron chi connectivity index (χ3n) is 7.52. The highest BCUT2D eigenvalue weighted by Gasteiger charge is 2.67. The number of hydrogen-bond acceptors (Lipinski definition) is 6. The fraction of sp³-hybridized carbons (Fsp3) is 0.370. The molecule has 0 unspecified atom stereocenters. The molecule has 1 spiro atoms. The predicted octanol–water partition coefficient (Wildman–Crippen LogP) is 2.74. The molecule has 0 bridgehead atoms. The molecule has 2 amide bonds. The van der Waals surface area contributed by atoms with Gasteiger partial charge in [-0.3, -0.25) is 14.4 Å². The van der Waals surface area contributed by atoms with Gasteiger partial charge in [-0.05, 0) is 49.6 Å². The van der Waals surface area contributed by atoms with Crippen LogP contribution in [0.3, 0.4) is 0 Å². The number of nitrogens with zero attached hydrogens (tertiary/aromatic N) is 2. The van der Waals surface area contributed by atoms with E-state index in [1.165, 1.54) is 9.80 Å². The summed E-state index contributed by atoms with van der Waals surface area (Å²) in [5.74, 6) is -1.76. The van der Waals surface area contributed by atoms with Gasteiger partial charge in [0.05, 0.1) is 11.7 Å². The van der Waals surface area contributed by atoms with Gasteiger partial charge in [0.15, 0.2) is 5.54 Å². The number of likely N-dealkylation sites (N-methyl/N-ethyl adjacent to an activating group) is 1. The van der Waals surface area contributed by atoms with Gasteiger partial charge in [-0.15, -0.1) is 0 Å². The van der Waals surface area contributed by atoms with Crippen LogP contribution >= 0.6 is 0 Å². The summed E-state index contributed by atoms with van der Waals surface area (Å²) in [6.45, 7) is 2.62. The average molecular weight is 475 g/mol. The minimum Gasteiger partial charge on any atom is -0.507 e. The van der Waals surface area contributed by atoms with Crippen LogP contribution in [0.5, 0.6) is 5.75 Å². The van der Waals surface area contributed by atoms with Gasteiger partial charge in [-0.1, -0.05) is 18.2 Å². The normalized spacial score (nSPS) is 28.7. The zero-order chi connectivity index (χ0) is 24.5. The van der Waals surface area contributed by atoms with Gasteiger partial charge in [0.25, 0.3) is 17.6 Å². The lowest BCUT2D eigenvalue weighted by molar-refractivity contribution is -0.145. The Kier molecular flexibility index (Phi) is 4.79. The third-order valence-corrected chi connectivity index (χ3v) is 7.52. The topological polar surface area (TPSA) is 96.4 Å². The number of para-hydroxylation sites is 1. The van der Waals surface area contributed by atoms with Crippen LogP contribution in [0.15, 0.2) is 48.0 Å². The summed E-state index contributed by atoms with van der Waals surface area (Å²) in [4.78, 5) is 43.8. The molecule has 4 aliphatic rings. The number of rotatable bonds is 3. The number of anilines is 1. The number of carbonyl (C=O) groups is 3. The third kappa shape index (κ3) is 2.92. The molecule has 4 heterocycles. The first-order valence-electron chi connectivity index (χ1n) is 11.9. The number of fused-ring (bicyclic) bond motifs is 3. The van der Waals surface area contributed by atoms with Crippen LogP contribution in [0.1, 0.15) is 36.5 Å². The second-order valence-corrected chi connectivity index (χ2v) is 9.65. The van der Waals surface area contributed by atoms with Crippen LogP contribution in [0.2, 0.25) is 0 Å². The molecule has 0 radical (unpaired) electrons. The molecule has 2 aromatic rings. The average Bonchev–Trinajstić information content (AvgIpc) is 3.59. The Labute approximate surface area is 202 Å². The molecular weight excluding hydrogens is 448 g/mol. The summed E-state index contributed by atoms with van der Waals surface area (Å²) in [7, 11) is 1.62. The van der Waals surface area contributed by atoms with E-state index in [0.717, 1.165) is 24.2 Å². The van der Waals surface area contributed by atoms with Gasteiger partial charge < -0.3 is 24.4 Å². The highest BCUT2D eigenvalue weighted by atomic mass is 16.5. The smallest absolute Gasteiger partial charge is 0.296 e. The van der Waals surface area contributed by atoms with E-state index in [-0.39, 0.29) is 30.1 Å². The van der Waals surface area contributed by atoms with Crippen LogP contribution < -0.4 is 9.64 Å². The van der Waals surface area contributed by atoms with Crippen molar-refractivity contribution in [1.82, 2.24) is 4.90 Å². The summed E-state index contributed by atoms with van der Waals surface area (Å²) in [5.41, 5.74) is 0.422. The van der Waals surface area contributed by atoms with Gasteiger partial charge in [-0.2, -0.15) is 0 Å². The second kappa shape index (κ2) is 7.68. The van der Waals surface area contributed by atoms with E-state index in [1.54, 1.807) is 49.5 Å². The Hall–Kier alpha value is -3.65. The molecule has 2 aromatic carbocycles. The number of likely N-dealkylation sites (tertiary alicyclic amines) is 1. The SMILES string of the molecule is C[C@H]1Cc2cc(C(O)=C3C(=O)C(=O)N(C[C@@H]4CCCO4)[C@]34C(=O)N(C)c3ccccc34)ccc2O1. The van der Waals surface area contributed by atoms with Gasteiger partial charge in [0, 0.05) is 43.4 Å². The van der Waals surface area contributed by atoms with Crippen molar-refractivity contribution in [1.29, 1.82) is 0 Å². The largest absolute Gasteiger partial charge is 0.507 e. The number of ether oxygens (including phenoxy) is 2. The summed E-state index contributed by atoms with van der Waals surface area (Å²) < 4.78 is 11.5. The summed E-state index contributed by atoms with van der Waals surface area (Å²) >= 11 is 0. The molecule has 180 valence electrons. The number of carbonyl (C=O) groups excluding carboxylic acids is 3. The van der Waals surface area contributed by atoms with Crippen molar-refractivity contribution >= 4 is 29.0 Å². The summed E-state index contributed by atoms with van der Waals surface area (Å²) in [6, 6.07) is 12.3. The first-order chi connectivity index (χ1) is 16.8. The minimum atomic E-state index is -1.75. The van der Waals surface area contributed by atoms with E-state index in [9.17, 15) is 19.5 Å². The molecule has 2 fully saturated rings. The second-order valence-electron chi connectivity index (χ2n) is 9.65. The van der Waals surface area contributed by atoms with Gasteiger partial charge in [0.2, 0.25) is 0 Å². The fourth-order valence-electron chi connectivity index (χ4n) is 5.93. The predicted molar refractivity (Wildman–Crippen MR) is 127 cm³/mol. The molecular formula is C27H26N2O6. The molecule has 8 nitrogen and oxygen atoms in total. The van der Waals surface area contributed by atoms with Crippen molar-refractivity contribution in [3.05, 3.63) is 64.7 Å². The number of ketones is 1. The maximum atomic E-state index is 14.0. The highest BCUT2D eigenvalue weighted by molar-refractivity contribution is 6.50. The first kappa shape index (κ1) is 21.9. The summed E-state index contributed by atoms with van der Waals surface area (Å²) in [5, 5.41) is 11.6. The Morgan fingerprint density at radius 3 is 2.74 bits per heavy atom. The first-order valence-corrected chi connectivity index (χ1v) is 11.9. The van der Waals surface area contributed by atoms with Crippen LogP contribution in [-0.2, 0) is 31.1 Å². The van der Waals surface area contributed by atoms with Crippen molar-refractivity contribution in [3.8, 4) is 5.75 Å². The Bertz CT molecular complexity index is 1310. The standard InChI is InChI=1S/C27H26N2O6/c1-15-12-17-13-16(9-10-21(17)35-15)23(30)22-24(31)25(32)29(14-18-6-5-11-34-18)27(22)19-7-3-4-8-20(19)28(2)26(27)33/h3-4,7-10,13,15,18,30H,5-6,11-12,14H2,1-2H3/t15-,18-,27-/m0/s1. The van der Waals surface area contributed by atoms with E-state index < -0.39 is 23.1 Å². The molecule has 0 saturated carbocycles. The Morgan fingerprint density at radius 1 is 1.17 bits per heavy atom. The molecule has 2 saturated heterocycles. The minimum absolute atomic E-state index is 0.00918. The van der Waals surface area contributed by atoms with E-state index in [2.05, 4.69) is 0 Å². The molecule has 3 atom stereocenters. The lowest BCUT2D eigenvalue weighted by Crippen LogP contribution is -2.53. The number of amides is 2. The Morgan fingerprint density at radius 2 is 1.97 bits per heavy atom. The maximum absolute atomic E-state index is 14.0. The lowest BCUT2D eigenvalue weighted by atomic mass is 9.81. The molecule has 4 aliphatic heterocycles. The van der Waals surface area contributed by atoms with E-state index in [4.69, 9.17) is 9.47 Å². The van der Waals surface area contributed by atoms with Crippen molar-refractivity contribution in [2.24, 2.45) is 0 Å². The monoisotopic (exact) mass is 474 g/mol. The van der Waals surface area contributed by atoms with Crippen molar-refractivity contribution in [3.63, 3.8) is 0 Å². The van der Waals surface area contributed by atoms with Gasteiger partial charge >= 0.3 is 0 Å². The molecule has 8 heteroatoms. The van der Waals surface area contributed by atoms with E-state index >= 15 is 0 Å². The van der Waals surface area contributed by atoms with Crippen LogP contribution in [0.4, 0.5) is 5.69 Å². The molecule has 6 rings (SSSR count). The van der Waals surface area contributed by atoms with Gasteiger partial charge in [0.1, 0.15) is 17.6 Å². The van der Waals surface area contributed by atoms with Crippen molar-refractivity contribution in [2.45, 2.75) is 43.9 Å². The number of aliphatic hydroxyl groups excluding tert-OH is 1. The fourth-order valence-corrected chi connectivity index (χ4v) is 5.93. The van der Waals surface area contributed by atoms with Crippen LogP contribution in [-0.4, -0.2) is 60.0 Å². The molecule has 35 heavy (non-hydrogen) atoms. The van der Waals surface area contributed by atoms with Gasteiger partial charge in [-0.25, -0.2) is 0 Å².